The van der Waals surface area contributed by atoms with Crippen LogP contribution in [0.3, 0.4) is 0 Å². The predicted molar refractivity (Wildman–Crippen MR) is 219 cm³/mol. The van der Waals surface area contributed by atoms with Crippen molar-refractivity contribution in [2.75, 3.05) is 0 Å². The Labute approximate surface area is 325 Å². The van der Waals surface area contributed by atoms with Crippen molar-refractivity contribution in [1.29, 1.82) is 0 Å². The van der Waals surface area contributed by atoms with Crippen LogP contribution in [0, 0.1) is 23.0 Å². The zero-order valence-electron chi connectivity index (χ0n) is 32.0. The van der Waals surface area contributed by atoms with Gasteiger partial charge in [-0.25, -0.2) is 0 Å². The Balaban J connectivity index is 0.000000210. The minimum Gasteiger partial charge on any atom is -0.501 e. The quantitative estimate of drug-likeness (QED) is 0.123. The van der Waals surface area contributed by atoms with E-state index in [1.54, 1.807) is 0 Å². The van der Waals surface area contributed by atoms with Crippen LogP contribution in [0.15, 0.2) is 120 Å². The summed E-state index contributed by atoms with van der Waals surface area (Å²) < 4.78 is 6.37. The van der Waals surface area contributed by atoms with Crippen molar-refractivity contribution in [2.24, 2.45) is 10.8 Å². The van der Waals surface area contributed by atoms with Gasteiger partial charge in [0.05, 0.1) is 13.7 Å². The first-order chi connectivity index (χ1) is 24.2. The molecule has 4 aromatic carbocycles. The molecule has 52 heavy (non-hydrogen) atoms. The molecule has 0 unspecified atom stereocenters. The van der Waals surface area contributed by atoms with Crippen LogP contribution in [0.1, 0.15) is 52.7 Å². The maximum atomic E-state index is 6.37. The van der Waals surface area contributed by atoms with Crippen LogP contribution in [-0.4, -0.2) is 18.0 Å². The fraction of sp³-hybridized carbons (Fsp3) is 0.277. The van der Waals surface area contributed by atoms with Crippen LogP contribution in [0.25, 0.3) is 55.6 Å². The van der Waals surface area contributed by atoms with E-state index < -0.39 is 8.07 Å². The Morgan fingerprint density at radius 1 is 0.692 bits per heavy atom. The third-order valence-corrected chi connectivity index (χ3v) is 10.9. The molecule has 0 aliphatic rings. The topological polar surface area (TPSA) is 38.9 Å². The molecule has 0 aliphatic carbocycles. The number of fused-ring (bicyclic) bond motifs is 3. The van der Waals surface area contributed by atoms with Gasteiger partial charge in [-0.3, -0.25) is 0 Å². The van der Waals surface area contributed by atoms with E-state index in [1.807, 2.05) is 42.6 Å². The second-order valence-corrected chi connectivity index (χ2v) is 22.1. The van der Waals surface area contributed by atoms with Crippen LogP contribution in [-0.2, 0) is 32.9 Å². The number of pyridine rings is 2. The van der Waals surface area contributed by atoms with Crippen LogP contribution < -0.4 is 5.19 Å². The fourth-order valence-electron chi connectivity index (χ4n) is 6.76. The first-order valence-corrected chi connectivity index (χ1v) is 21.5. The van der Waals surface area contributed by atoms with E-state index in [0.717, 1.165) is 57.3 Å². The molecule has 0 N–H and O–H groups in total. The molecule has 3 aromatic heterocycles. The van der Waals surface area contributed by atoms with Crippen molar-refractivity contribution in [3.05, 3.63) is 139 Å². The molecule has 0 spiro atoms. The number of furan rings is 1. The van der Waals surface area contributed by atoms with E-state index in [9.17, 15) is 0 Å². The Morgan fingerprint density at radius 3 is 2.10 bits per heavy atom. The Bertz CT molecular complexity index is 2260. The van der Waals surface area contributed by atoms with E-state index in [2.05, 4.69) is 151 Å². The standard InChI is InChI=1S/C28H24NO.C19H26NSi.Ir/c1-28(2,3)18-19-15-16-29-24(17-19)22-12-7-13-23-26-21(20-9-5-4-6-10-20)11-8-14-25(26)30-27(22)23;1-19(2,3)13-16-12-17(15-10-8-7-9-11-15)20-14-18(16)21(4,5)6;/h4-11,13-17H,18H2,1-3H3;7-10,12,14H,13H2,1-6H3;/q2*-1;. The summed E-state index contributed by atoms with van der Waals surface area (Å²) in [5.74, 6) is 0. The molecule has 3 nitrogen and oxygen atoms in total. The van der Waals surface area contributed by atoms with Gasteiger partial charge < -0.3 is 14.4 Å². The molecule has 3 heterocycles. The molecule has 0 saturated carbocycles. The summed E-state index contributed by atoms with van der Waals surface area (Å²) in [5, 5.41) is 3.72. The first-order valence-electron chi connectivity index (χ1n) is 18.0. The molecule has 7 rings (SSSR count). The van der Waals surface area contributed by atoms with E-state index in [-0.39, 0.29) is 30.9 Å². The average molecular weight is 879 g/mol. The molecular formula is C47H50IrN2OSi-2. The summed E-state index contributed by atoms with van der Waals surface area (Å²) in [6, 6.07) is 42.1. The fourth-order valence-corrected chi connectivity index (χ4v) is 8.34. The minimum atomic E-state index is -1.37. The second kappa shape index (κ2) is 15.8. The molecule has 5 heteroatoms. The number of benzene rings is 4. The van der Waals surface area contributed by atoms with Crippen LogP contribution in [0.2, 0.25) is 19.6 Å². The monoisotopic (exact) mass is 879 g/mol. The number of hydrogen-bond donors (Lipinski definition) is 0. The van der Waals surface area contributed by atoms with Crippen molar-refractivity contribution in [3.63, 3.8) is 0 Å². The summed E-state index contributed by atoms with van der Waals surface area (Å²) >= 11 is 0. The number of nitrogens with zero attached hydrogens (tertiary/aromatic N) is 2. The number of aromatic nitrogens is 2. The van der Waals surface area contributed by atoms with Crippen LogP contribution in [0.5, 0.6) is 0 Å². The Morgan fingerprint density at radius 2 is 1.42 bits per heavy atom. The Hall–Kier alpha value is -4.15. The van der Waals surface area contributed by atoms with E-state index in [1.165, 1.54) is 27.4 Å². The van der Waals surface area contributed by atoms with Crippen molar-refractivity contribution >= 4 is 35.2 Å². The second-order valence-electron chi connectivity index (χ2n) is 17.0. The number of hydrogen-bond acceptors (Lipinski definition) is 3. The largest absolute Gasteiger partial charge is 0.501 e. The minimum absolute atomic E-state index is 0. The summed E-state index contributed by atoms with van der Waals surface area (Å²) in [4.78, 5) is 9.36. The van der Waals surface area contributed by atoms with Gasteiger partial charge in [-0.05, 0) is 63.5 Å². The summed E-state index contributed by atoms with van der Waals surface area (Å²) in [6.07, 6.45) is 6.09. The molecule has 7 aromatic rings. The third kappa shape index (κ3) is 9.44. The summed E-state index contributed by atoms with van der Waals surface area (Å²) in [7, 11) is -1.37. The predicted octanol–water partition coefficient (Wildman–Crippen LogP) is 12.4. The zero-order valence-corrected chi connectivity index (χ0v) is 35.4. The molecule has 0 saturated heterocycles. The first kappa shape index (κ1) is 39.1. The van der Waals surface area contributed by atoms with Crippen molar-refractivity contribution in [1.82, 2.24) is 9.97 Å². The van der Waals surface area contributed by atoms with Gasteiger partial charge in [0.25, 0.3) is 0 Å². The molecule has 0 atom stereocenters. The van der Waals surface area contributed by atoms with Crippen LogP contribution in [0.4, 0.5) is 0 Å². The van der Waals surface area contributed by atoms with Gasteiger partial charge in [0.15, 0.2) is 0 Å². The zero-order chi connectivity index (χ0) is 36.4. The molecule has 0 fully saturated rings. The average Bonchev–Trinajstić information content (AvgIpc) is 3.47. The molecular weight excluding hydrogens is 829 g/mol. The van der Waals surface area contributed by atoms with Gasteiger partial charge in [-0.2, -0.15) is 0 Å². The Kier molecular flexibility index (Phi) is 11.9. The van der Waals surface area contributed by atoms with Gasteiger partial charge >= 0.3 is 0 Å². The van der Waals surface area contributed by atoms with E-state index >= 15 is 0 Å². The summed E-state index contributed by atoms with van der Waals surface area (Å²) in [6.45, 7) is 20.8. The normalized spacial score (nSPS) is 11.9. The van der Waals surface area contributed by atoms with E-state index in [4.69, 9.17) is 9.40 Å². The van der Waals surface area contributed by atoms with Gasteiger partial charge in [0.1, 0.15) is 5.58 Å². The van der Waals surface area contributed by atoms with Crippen molar-refractivity contribution in [2.45, 2.75) is 74.0 Å². The van der Waals surface area contributed by atoms with Gasteiger partial charge in [0.2, 0.25) is 0 Å². The summed E-state index contributed by atoms with van der Waals surface area (Å²) in [5.41, 5.74) is 11.3. The molecule has 0 aliphatic heterocycles. The smallest absolute Gasteiger partial charge is 0.121 e. The molecule has 0 amide bonds. The maximum absolute atomic E-state index is 6.37. The maximum Gasteiger partial charge on any atom is 0.121 e. The van der Waals surface area contributed by atoms with Crippen LogP contribution >= 0.6 is 0 Å². The van der Waals surface area contributed by atoms with Crippen molar-refractivity contribution < 1.29 is 24.5 Å². The van der Waals surface area contributed by atoms with Gasteiger partial charge in [-0.1, -0.05) is 138 Å². The van der Waals surface area contributed by atoms with Crippen molar-refractivity contribution in [3.8, 4) is 33.6 Å². The van der Waals surface area contributed by atoms with Gasteiger partial charge in [0, 0.05) is 37.9 Å². The third-order valence-electron chi connectivity index (χ3n) is 8.86. The van der Waals surface area contributed by atoms with E-state index in [0.29, 0.717) is 0 Å². The molecule has 269 valence electrons. The molecule has 1 radical (unpaired) electrons. The van der Waals surface area contributed by atoms with Gasteiger partial charge in [-0.15, -0.1) is 54.1 Å². The molecule has 0 bridgehead atoms. The SMILES string of the molecule is CC(C)(C)Cc1cc(-c2[c-]cccc2)ncc1[Si](C)(C)C.CC(C)(C)Cc1ccnc(-c2[c-]ccc3c2oc2cccc(-c4ccccc4)c23)c1.[Ir]. The number of rotatable bonds is 6.